The van der Waals surface area contributed by atoms with Crippen molar-refractivity contribution in [3.8, 4) is 11.4 Å². The molecular weight excluding hydrogens is 393 g/mol. The van der Waals surface area contributed by atoms with Crippen molar-refractivity contribution in [3.05, 3.63) is 28.2 Å². The summed E-state index contributed by atoms with van der Waals surface area (Å²) >= 11 is 13.5. The van der Waals surface area contributed by atoms with Crippen LogP contribution in [0.3, 0.4) is 0 Å². The monoisotopic (exact) mass is 413 g/mol. The summed E-state index contributed by atoms with van der Waals surface area (Å²) in [6, 6.07) is 5.41. The number of piperidine rings is 1. The standard InChI is InChI=1S/C17H21Cl2N5OS/c1-2-12-5-3-4-8-23(12)15(25)10-26-17-22-21-16(24(17)20)13-9-11(18)6-7-14(13)19/h6-7,9,12H,2-5,8,10,20H2,1H3. The number of nitrogens with two attached hydrogens (primary N) is 1. The zero-order chi connectivity index (χ0) is 18.7. The van der Waals surface area contributed by atoms with E-state index in [1.54, 1.807) is 18.2 Å². The lowest BCUT2D eigenvalue weighted by Crippen LogP contribution is -2.44. The van der Waals surface area contributed by atoms with E-state index < -0.39 is 0 Å². The Morgan fingerprint density at radius 3 is 2.92 bits per heavy atom. The second-order valence-corrected chi connectivity index (χ2v) is 8.02. The fourth-order valence-electron chi connectivity index (χ4n) is 3.19. The van der Waals surface area contributed by atoms with E-state index in [-0.39, 0.29) is 11.7 Å². The van der Waals surface area contributed by atoms with Crippen LogP contribution in [-0.2, 0) is 4.79 Å². The molecule has 6 nitrogen and oxygen atoms in total. The summed E-state index contributed by atoms with van der Waals surface area (Å²) in [7, 11) is 0. The highest BCUT2D eigenvalue weighted by Crippen LogP contribution is 2.30. The molecule has 0 saturated carbocycles. The van der Waals surface area contributed by atoms with Gasteiger partial charge >= 0.3 is 0 Å². The number of thioether (sulfide) groups is 1. The van der Waals surface area contributed by atoms with E-state index in [2.05, 4.69) is 17.1 Å². The Morgan fingerprint density at radius 2 is 2.15 bits per heavy atom. The van der Waals surface area contributed by atoms with Crippen molar-refractivity contribution in [2.75, 3.05) is 18.1 Å². The summed E-state index contributed by atoms with van der Waals surface area (Å²) < 4.78 is 1.35. The Bertz CT molecular complexity index is 797. The first-order chi connectivity index (χ1) is 12.5. The van der Waals surface area contributed by atoms with Gasteiger partial charge in [0.25, 0.3) is 0 Å². The van der Waals surface area contributed by atoms with Gasteiger partial charge in [-0.15, -0.1) is 10.2 Å². The maximum Gasteiger partial charge on any atom is 0.233 e. The molecule has 3 rings (SSSR count). The Labute approximate surface area is 167 Å². The van der Waals surface area contributed by atoms with Crippen LogP contribution in [0.1, 0.15) is 32.6 Å². The SMILES string of the molecule is CCC1CCCCN1C(=O)CSc1nnc(-c2cc(Cl)ccc2Cl)n1N. The lowest BCUT2D eigenvalue weighted by molar-refractivity contribution is -0.132. The molecule has 1 amide bonds. The molecule has 0 radical (unpaired) electrons. The Kier molecular flexibility index (Phi) is 6.32. The van der Waals surface area contributed by atoms with Crippen molar-refractivity contribution in [1.82, 2.24) is 19.8 Å². The molecule has 2 aromatic rings. The summed E-state index contributed by atoms with van der Waals surface area (Å²) in [6.45, 7) is 2.96. The minimum Gasteiger partial charge on any atom is -0.339 e. The Morgan fingerprint density at radius 1 is 1.35 bits per heavy atom. The molecule has 1 aliphatic heterocycles. The average Bonchev–Trinajstić information content (AvgIpc) is 3.02. The third-order valence-corrected chi connectivity index (χ3v) is 6.07. The van der Waals surface area contributed by atoms with E-state index in [9.17, 15) is 4.79 Å². The highest BCUT2D eigenvalue weighted by Gasteiger charge is 2.26. The Hall–Kier alpha value is -1.44. The predicted octanol–water partition coefficient (Wildman–Crippen LogP) is 3.85. The number of aromatic nitrogens is 3. The number of hydrogen-bond acceptors (Lipinski definition) is 5. The zero-order valence-electron chi connectivity index (χ0n) is 14.5. The molecule has 1 aliphatic rings. The molecule has 1 unspecified atom stereocenters. The van der Waals surface area contributed by atoms with Crippen molar-refractivity contribution in [3.63, 3.8) is 0 Å². The van der Waals surface area contributed by atoms with Gasteiger partial charge in [0.05, 0.1) is 10.8 Å². The number of nitrogen functional groups attached to an aromatic ring is 1. The zero-order valence-corrected chi connectivity index (χ0v) is 16.8. The molecule has 1 atom stereocenters. The van der Waals surface area contributed by atoms with Gasteiger partial charge in [-0.25, -0.2) is 4.68 Å². The van der Waals surface area contributed by atoms with Gasteiger partial charge in [-0.1, -0.05) is 41.9 Å². The minimum absolute atomic E-state index is 0.117. The third-order valence-electron chi connectivity index (χ3n) is 4.58. The van der Waals surface area contributed by atoms with Crippen LogP contribution in [0, 0.1) is 0 Å². The molecule has 1 fully saturated rings. The van der Waals surface area contributed by atoms with Gasteiger partial charge in [0.1, 0.15) is 0 Å². The van der Waals surface area contributed by atoms with Gasteiger partial charge in [-0.2, -0.15) is 0 Å². The van der Waals surface area contributed by atoms with Crippen LogP contribution in [0.15, 0.2) is 23.4 Å². The molecule has 0 spiro atoms. The lowest BCUT2D eigenvalue weighted by atomic mass is 10.0. The number of benzene rings is 1. The van der Waals surface area contributed by atoms with Crippen molar-refractivity contribution in [2.45, 2.75) is 43.8 Å². The number of carbonyl (C=O) groups is 1. The van der Waals surface area contributed by atoms with E-state index in [1.807, 2.05) is 4.90 Å². The second kappa shape index (κ2) is 8.50. The largest absolute Gasteiger partial charge is 0.339 e. The number of hydrogen-bond donors (Lipinski definition) is 1. The number of amides is 1. The van der Waals surface area contributed by atoms with E-state index >= 15 is 0 Å². The molecule has 9 heteroatoms. The predicted molar refractivity (Wildman–Crippen MR) is 106 cm³/mol. The Balaban J connectivity index is 1.71. The molecule has 140 valence electrons. The smallest absolute Gasteiger partial charge is 0.233 e. The van der Waals surface area contributed by atoms with Crippen molar-refractivity contribution >= 4 is 40.9 Å². The summed E-state index contributed by atoms with van der Waals surface area (Å²) in [5, 5.41) is 9.69. The maximum absolute atomic E-state index is 12.6. The molecule has 0 aliphatic carbocycles. The van der Waals surface area contributed by atoms with Crippen molar-refractivity contribution in [1.29, 1.82) is 0 Å². The quantitative estimate of drug-likeness (QED) is 0.594. The summed E-state index contributed by atoms with van der Waals surface area (Å²) in [6.07, 6.45) is 4.33. The second-order valence-electron chi connectivity index (χ2n) is 6.23. The molecule has 1 saturated heterocycles. The van der Waals surface area contributed by atoms with Gasteiger partial charge < -0.3 is 10.7 Å². The van der Waals surface area contributed by atoms with Gasteiger partial charge in [0.2, 0.25) is 11.1 Å². The average molecular weight is 414 g/mol. The van der Waals surface area contributed by atoms with Crippen LogP contribution in [0.5, 0.6) is 0 Å². The number of nitrogens with zero attached hydrogens (tertiary/aromatic N) is 4. The summed E-state index contributed by atoms with van der Waals surface area (Å²) in [4.78, 5) is 14.6. The van der Waals surface area contributed by atoms with Crippen LogP contribution in [0.4, 0.5) is 0 Å². The third kappa shape index (κ3) is 4.10. The first-order valence-electron chi connectivity index (χ1n) is 8.59. The number of carbonyl (C=O) groups excluding carboxylic acids is 1. The normalized spacial score (nSPS) is 17.5. The minimum atomic E-state index is 0.117. The fourth-order valence-corrected chi connectivity index (χ4v) is 4.31. The molecule has 2 heterocycles. The molecular formula is C17H21Cl2N5OS. The number of likely N-dealkylation sites (tertiary alicyclic amines) is 1. The number of halogens is 2. The van der Waals surface area contributed by atoms with Crippen LogP contribution >= 0.6 is 35.0 Å². The summed E-state index contributed by atoms with van der Waals surface area (Å²) in [5.41, 5.74) is 0.606. The van der Waals surface area contributed by atoms with Crippen molar-refractivity contribution in [2.24, 2.45) is 0 Å². The van der Waals surface area contributed by atoms with E-state index in [1.165, 1.54) is 22.9 Å². The molecule has 2 N–H and O–H groups in total. The van der Waals surface area contributed by atoms with Gasteiger partial charge in [-0.3, -0.25) is 4.79 Å². The van der Waals surface area contributed by atoms with Crippen LogP contribution in [-0.4, -0.2) is 44.0 Å². The summed E-state index contributed by atoms with van der Waals surface area (Å²) in [5.74, 6) is 6.93. The highest BCUT2D eigenvalue weighted by atomic mass is 35.5. The molecule has 1 aromatic heterocycles. The van der Waals surface area contributed by atoms with E-state index in [4.69, 9.17) is 29.0 Å². The van der Waals surface area contributed by atoms with Gasteiger partial charge in [0.15, 0.2) is 5.82 Å². The van der Waals surface area contributed by atoms with Gasteiger partial charge in [0, 0.05) is 23.2 Å². The molecule has 1 aromatic carbocycles. The maximum atomic E-state index is 12.6. The topological polar surface area (TPSA) is 77.0 Å². The van der Waals surface area contributed by atoms with Crippen LogP contribution in [0.25, 0.3) is 11.4 Å². The fraction of sp³-hybridized carbons (Fsp3) is 0.471. The highest BCUT2D eigenvalue weighted by molar-refractivity contribution is 7.99. The number of rotatable bonds is 5. The van der Waals surface area contributed by atoms with Crippen LogP contribution < -0.4 is 5.84 Å². The molecule has 0 bridgehead atoms. The van der Waals surface area contributed by atoms with Crippen LogP contribution in [0.2, 0.25) is 10.0 Å². The van der Waals surface area contributed by atoms with Gasteiger partial charge in [-0.05, 0) is 43.9 Å². The lowest BCUT2D eigenvalue weighted by Gasteiger charge is -2.35. The first-order valence-corrected chi connectivity index (χ1v) is 10.3. The van der Waals surface area contributed by atoms with E-state index in [0.29, 0.717) is 32.6 Å². The van der Waals surface area contributed by atoms with Crippen molar-refractivity contribution < 1.29 is 4.79 Å². The van der Waals surface area contributed by atoms with E-state index in [0.717, 1.165) is 25.8 Å². The first kappa shape index (κ1) is 19.3. The molecule has 26 heavy (non-hydrogen) atoms.